The lowest BCUT2D eigenvalue weighted by Gasteiger charge is -2.05. The SMILES string of the molecule is COC(=O)Cn1c(=NC(=O)COc2ccccc2F)sc2ccccc21. The van der Waals surface area contributed by atoms with Crippen LogP contribution in [0.4, 0.5) is 4.39 Å². The highest BCUT2D eigenvalue weighted by Crippen LogP contribution is 2.17. The van der Waals surface area contributed by atoms with E-state index in [1.807, 2.05) is 24.3 Å². The van der Waals surface area contributed by atoms with Crippen molar-refractivity contribution in [3.8, 4) is 5.75 Å². The van der Waals surface area contributed by atoms with Crippen molar-refractivity contribution in [1.82, 2.24) is 4.57 Å². The predicted octanol–water partition coefficient (Wildman–Crippen LogP) is 2.52. The summed E-state index contributed by atoms with van der Waals surface area (Å²) in [6, 6.07) is 13.2. The number of para-hydroxylation sites is 2. The Morgan fingerprint density at radius 1 is 1.15 bits per heavy atom. The molecule has 3 rings (SSSR count). The number of nitrogens with zero attached hydrogens (tertiary/aromatic N) is 2. The van der Waals surface area contributed by atoms with E-state index in [1.54, 1.807) is 10.6 Å². The second kappa shape index (κ2) is 7.92. The van der Waals surface area contributed by atoms with E-state index in [4.69, 9.17) is 9.47 Å². The van der Waals surface area contributed by atoms with Gasteiger partial charge in [-0.1, -0.05) is 35.6 Å². The van der Waals surface area contributed by atoms with Crippen molar-refractivity contribution in [1.29, 1.82) is 0 Å². The zero-order valence-electron chi connectivity index (χ0n) is 13.8. The van der Waals surface area contributed by atoms with Crippen LogP contribution in [0.5, 0.6) is 5.75 Å². The van der Waals surface area contributed by atoms with E-state index in [9.17, 15) is 14.0 Å². The topological polar surface area (TPSA) is 69.9 Å². The van der Waals surface area contributed by atoms with Crippen molar-refractivity contribution in [2.24, 2.45) is 4.99 Å². The summed E-state index contributed by atoms with van der Waals surface area (Å²) in [6.45, 7) is -0.478. The first-order valence-corrected chi connectivity index (χ1v) is 8.50. The largest absolute Gasteiger partial charge is 0.481 e. The monoisotopic (exact) mass is 374 g/mol. The summed E-state index contributed by atoms with van der Waals surface area (Å²) in [7, 11) is 1.29. The molecule has 0 N–H and O–H groups in total. The highest BCUT2D eigenvalue weighted by Gasteiger charge is 2.12. The second-order valence-corrected chi connectivity index (χ2v) is 6.25. The van der Waals surface area contributed by atoms with Crippen molar-refractivity contribution >= 4 is 33.4 Å². The zero-order valence-corrected chi connectivity index (χ0v) is 14.7. The summed E-state index contributed by atoms with van der Waals surface area (Å²) < 4.78 is 25.9. The smallest absolute Gasteiger partial charge is 0.325 e. The summed E-state index contributed by atoms with van der Waals surface area (Å²) in [5.41, 5.74) is 0.768. The number of rotatable bonds is 5. The Labute approximate surface area is 152 Å². The van der Waals surface area contributed by atoms with Crippen LogP contribution < -0.4 is 9.54 Å². The molecule has 0 aliphatic rings. The van der Waals surface area contributed by atoms with Gasteiger partial charge in [-0.25, -0.2) is 4.39 Å². The number of carbonyl (C=O) groups excluding carboxylic acids is 2. The number of esters is 1. The standard InChI is InChI=1S/C18H15FN2O4S/c1-24-17(23)10-21-13-7-3-5-9-15(13)26-18(21)20-16(22)11-25-14-8-4-2-6-12(14)19/h2-9H,10-11H2,1H3. The molecule has 6 nitrogen and oxygen atoms in total. The predicted molar refractivity (Wildman–Crippen MR) is 94.3 cm³/mol. The van der Waals surface area contributed by atoms with Crippen molar-refractivity contribution in [3.05, 3.63) is 59.1 Å². The molecule has 8 heteroatoms. The molecular formula is C18H15FN2O4S. The number of fused-ring (bicyclic) bond motifs is 1. The maximum Gasteiger partial charge on any atom is 0.325 e. The number of carbonyl (C=O) groups is 2. The van der Waals surface area contributed by atoms with Crippen molar-refractivity contribution in [2.75, 3.05) is 13.7 Å². The van der Waals surface area contributed by atoms with Gasteiger partial charge in [0, 0.05) is 0 Å². The molecule has 1 amide bonds. The van der Waals surface area contributed by atoms with Gasteiger partial charge in [0.05, 0.1) is 17.3 Å². The van der Waals surface area contributed by atoms with Crippen LogP contribution in [0.2, 0.25) is 0 Å². The molecule has 0 spiro atoms. The Kier molecular flexibility index (Phi) is 5.43. The summed E-state index contributed by atoms with van der Waals surface area (Å²) in [5, 5.41) is 0. The van der Waals surface area contributed by atoms with E-state index in [1.165, 1.54) is 36.6 Å². The van der Waals surface area contributed by atoms with E-state index >= 15 is 0 Å². The summed E-state index contributed by atoms with van der Waals surface area (Å²) >= 11 is 1.27. The Morgan fingerprint density at radius 3 is 2.65 bits per heavy atom. The maximum atomic E-state index is 13.5. The van der Waals surface area contributed by atoms with Crippen LogP contribution >= 0.6 is 11.3 Å². The number of hydrogen-bond donors (Lipinski definition) is 0. The lowest BCUT2D eigenvalue weighted by Crippen LogP contribution is -2.23. The first kappa shape index (κ1) is 17.8. The van der Waals surface area contributed by atoms with Gasteiger partial charge in [-0.3, -0.25) is 9.59 Å². The fourth-order valence-electron chi connectivity index (χ4n) is 2.29. The number of ether oxygens (including phenoxy) is 2. The second-order valence-electron chi connectivity index (χ2n) is 5.24. The molecule has 0 unspecified atom stereocenters. The average Bonchev–Trinajstić information content (AvgIpc) is 2.98. The van der Waals surface area contributed by atoms with E-state index in [0.717, 1.165) is 10.2 Å². The molecule has 0 saturated heterocycles. The Balaban J connectivity index is 1.88. The summed E-state index contributed by atoms with van der Waals surface area (Å²) in [6.07, 6.45) is 0. The first-order valence-electron chi connectivity index (χ1n) is 7.68. The Bertz CT molecular complexity index is 1030. The highest BCUT2D eigenvalue weighted by atomic mass is 32.1. The molecule has 0 bridgehead atoms. The van der Waals surface area contributed by atoms with Gasteiger partial charge in [0.1, 0.15) is 6.54 Å². The third-order valence-corrected chi connectivity index (χ3v) is 4.57. The molecular weight excluding hydrogens is 359 g/mol. The molecule has 0 atom stereocenters. The molecule has 1 heterocycles. The zero-order chi connectivity index (χ0) is 18.5. The molecule has 26 heavy (non-hydrogen) atoms. The van der Waals surface area contributed by atoms with Crippen LogP contribution in [0.3, 0.4) is 0 Å². The fourth-order valence-corrected chi connectivity index (χ4v) is 3.34. The number of amides is 1. The van der Waals surface area contributed by atoms with Crippen molar-refractivity contribution in [2.45, 2.75) is 6.54 Å². The average molecular weight is 374 g/mol. The summed E-state index contributed by atoms with van der Waals surface area (Å²) in [5.74, 6) is -1.61. The molecule has 0 fully saturated rings. The highest BCUT2D eigenvalue weighted by molar-refractivity contribution is 7.16. The number of aromatic nitrogens is 1. The molecule has 0 radical (unpaired) electrons. The first-order chi connectivity index (χ1) is 12.6. The molecule has 134 valence electrons. The molecule has 2 aromatic carbocycles. The molecule has 1 aromatic heterocycles. The quantitative estimate of drug-likeness (QED) is 0.644. The molecule has 3 aromatic rings. The summed E-state index contributed by atoms with van der Waals surface area (Å²) in [4.78, 5) is 28.2. The van der Waals surface area contributed by atoms with Gasteiger partial charge in [-0.15, -0.1) is 0 Å². The number of hydrogen-bond acceptors (Lipinski definition) is 5. The van der Waals surface area contributed by atoms with Gasteiger partial charge in [-0.2, -0.15) is 4.99 Å². The Hall–Kier alpha value is -3.00. The van der Waals surface area contributed by atoms with E-state index in [2.05, 4.69) is 4.99 Å². The number of halogens is 1. The fraction of sp³-hybridized carbons (Fsp3) is 0.167. The van der Waals surface area contributed by atoms with E-state index < -0.39 is 24.3 Å². The lowest BCUT2D eigenvalue weighted by atomic mass is 10.3. The van der Waals surface area contributed by atoms with Crippen LogP contribution in [0, 0.1) is 5.82 Å². The molecule has 0 aliphatic carbocycles. The minimum atomic E-state index is -0.585. The minimum absolute atomic E-state index is 0.0187. The third kappa shape index (κ3) is 3.97. The van der Waals surface area contributed by atoms with Gasteiger partial charge in [-0.05, 0) is 24.3 Å². The van der Waals surface area contributed by atoms with E-state index in [-0.39, 0.29) is 12.3 Å². The van der Waals surface area contributed by atoms with Crippen LogP contribution in [-0.4, -0.2) is 30.2 Å². The third-order valence-electron chi connectivity index (χ3n) is 3.51. The minimum Gasteiger partial charge on any atom is -0.481 e. The maximum absolute atomic E-state index is 13.5. The van der Waals surface area contributed by atoms with Crippen LogP contribution in [0.25, 0.3) is 10.2 Å². The van der Waals surface area contributed by atoms with E-state index in [0.29, 0.717) is 4.80 Å². The van der Waals surface area contributed by atoms with Gasteiger partial charge >= 0.3 is 5.97 Å². The van der Waals surface area contributed by atoms with Crippen LogP contribution in [0.15, 0.2) is 53.5 Å². The lowest BCUT2D eigenvalue weighted by molar-refractivity contribution is -0.141. The van der Waals surface area contributed by atoms with Crippen molar-refractivity contribution < 1.29 is 23.5 Å². The van der Waals surface area contributed by atoms with Gasteiger partial charge in [0.15, 0.2) is 23.0 Å². The van der Waals surface area contributed by atoms with Crippen LogP contribution in [-0.2, 0) is 20.9 Å². The van der Waals surface area contributed by atoms with Crippen molar-refractivity contribution in [3.63, 3.8) is 0 Å². The van der Waals surface area contributed by atoms with Crippen LogP contribution in [0.1, 0.15) is 0 Å². The number of benzene rings is 2. The van der Waals surface area contributed by atoms with Gasteiger partial charge < -0.3 is 14.0 Å². The molecule has 0 aliphatic heterocycles. The normalized spacial score (nSPS) is 11.5. The number of thiazole rings is 1. The molecule has 0 saturated carbocycles. The Morgan fingerprint density at radius 2 is 1.88 bits per heavy atom. The number of methoxy groups -OCH3 is 1. The van der Waals surface area contributed by atoms with Gasteiger partial charge in [0.25, 0.3) is 5.91 Å². The van der Waals surface area contributed by atoms with Gasteiger partial charge in [0.2, 0.25) is 0 Å².